The van der Waals surface area contributed by atoms with Crippen LogP contribution in [0.5, 0.6) is 0 Å². The van der Waals surface area contributed by atoms with E-state index < -0.39 is 11.7 Å². The number of nitrogens with zero attached hydrogens (tertiary/aromatic N) is 2. The minimum Gasteiger partial charge on any atom is -0.392 e. The van der Waals surface area contributed by atoms with Crippen molar-refractivity contribution in [3.63, 3.8) is 0 Å². The van der Waals surface area contributed by atoms with E-state index in [1.807, 2.05) is 0 Å². The van der Waals surface area contributed by atoms with E-state index >= 15 is 0 Å². The number of hydrogen-bond donors (Lipinski definition) is 1. The Kier molecular flexibility index (Phi) is 3.76. The lowest BCUT2D eigenvalue weighted by molar-refractivity contribution is -0.137. The predicted octanol–water partition coefficient (Wildman–Crippen LogP) is 3.27. The molecule has 0 unspecified atom stereocenters. The molecular formula is C14H13F3N2O. The van der Waals surface area contributed by atoms with E-state index in [0.29, 0.717) is 17.0 Å². The Morgan fingerprint density at radius 3 is 2.10 bits per heavy atom. The topological polar surface area (TPSA) is 46.0 Å². The van der Waals surface area contributed by atoms with Crippen molar-refractivity contribution in [2.75, 3.05) is 0 Å². The van der Waals surface area contributed by atoms with Gasteiger partial charge < -0.3 is 5.11 Å². The standard InChI is InChI=1S/C14H13F3N2O/c1-8-11(7-20)9(2)19-13(18-8)10-5-3-4-6-12(10)14(15,16)17/h3-6,20H,7H2,1-2H3. The second kappa shape index (κ2) is 5.20. The smallest absolute Gasteiger partial charge is 0.392 e. The number of aromatic nitrogens is 2. The third-order valence-corrected chi connectivity index (χ3v) is 3.05. The number of aliphatic hydroxyl groups is 1. The fraction of sp³-hybridized carbons (Fsp3) is 0.286. The molecule has 106 valence electrons. The molecule has 1 heterocycles. The summed E-state index contributed by atoms with van der Waals surface area (Å²) in [6.07, 6.45) is -4.46. The number of aryl methyl sites for hydroxylation is 2. The monoisotopic (exact) mass is 282 g/mol. The van der Waals surface area contributed by atoms with Gasteiger partial charge in [-0.15, -0.1) is 0 Å². The van der Waals surface area contributed by atoms with E-state index in [1.54, 1.807) is 13.8 Å². The molecule has 0 spiro atoms. The van der Waals surface area contributed by atoms with E-state index in [2.05, 4.69) is 9.97 Å². The number of hydrogen-bond acceptors (Lipinski definition) is 3. The second-order valence-electron chi connectivity index (χ2n) is 4.40. The molecule has 1 aromatic heterocycles. The van der Waals surface area contributed by atoms with Gasteiger partial charge >= 0.3 is 6.18 Å². The number of aliphatic hydroxyl groups excluding tert-OH is 1. The Labute approximate surface area is 114 Å². The normalized spacial score (nSPS) is 11.7. The van der Waals surface area contributed by atoms with Crippen molar-refractivity contribution >= 4 is 0 Å². The summed E-state index contributed by atoms with van der Waals surface area (Å²) < 4.78 is 39.0. The number of benzene rings is 1. The van der Waals surface area contributed by atoms with Crippen LogP contribution in [0.4, 0.5) is 13.2 Å². The molecular weight excluding hydrogens is 269 g/mol. The van der Waals surface area contributed by atoms with Gasteiger partial charge in [0.05, 0.1) is 12.2 Å². The summed E-state index contributed by atoms with van der Waals surface area (Å²) in [5.74, 6) is 0.0186. The highest BCUT2D eigenvalue weighted by Gasteiger charge is 2.34. The maximum Gasteiger partial charge on any atom is 0.417 e. The van der Waals surface area contributed by atoms with Gasteiger partial charge in [-0.25, -0.2) is 9.97 Å². The van der Waals surface area contributed by atoms with Gasteiger partial charge in [-0.05, 0) is 19.9 Å². The first-order chi connectivity index (χ1) is 9.34. The fourth-order valence-corrected chi connectivity index (χ4v) is 2.01. The maximum atomic E-state index is 13.0. The van der Waals surface area contributed by atoms with Gasteiger partial charge in [0, 0.05) is 22.5 Å². The number of halogens is 3. The van der Waals surface area contributed by atoms with Crippen molar-refractivity contribution in [2.45, 2.75) is 26.6 Å². The molecule has 20 heavy (non-hydrogen) atoms. The van der Waals surface area contributed by atoms with E-state index in [1.165, 1.54) is 18.2 Å². The molecule has 1 N–H and O–H groups in total. The lowest BCUT2D eigenvalue weighted by Gasteiger charge is -2.13. The zero-order valence-corrected chi connectivity index (χ0v) is 11.0. The summed E-state index contributed by atoms with van der Waals surface area (Å²) in [7, 11) is 0. The van der Waals surface area contributed by atoms with Crippen LogP contribution in [0.3, 0.4) is 0 Å². The van der Waals surface area contributed by atoms with Crippen LogP contribution in [0.2, 0.25) is 0 Å². The van der Waals surface area contributed by atoms with Crippen LogP contribution in [-0.2, 0) is 12.8 Å². The highest BCUT2D eigenvalue weighted by molar-refractivity contribution is 5.61. The molecule has 6 heteroatoms. The predicted molar refractivity (Wildman–Crippen MR) is 67.9 cm³/mol. The first-order valence-corrected chi connectivity index (χ1v) is 5.96. The SMILES string of the molecule is Cc1nc(-c2ccccc2C(F)(F)F)nc(C)c1CO. The van der Waals surface area contributed by atoms with Crippen LogP contribution in [0, 0.1) is 13.8 Å². The molecule has 0 aliphatic carbocycles. The Bertz CT molecular complexity index is 616. The molecule has 0 aliphatic rings. The van der Waals surface area contributed by atoms with E-state index in [-0.39, 0.29) is 18.0 Å². The van der Waals surface area contributed by atoms with Crippen LogP contribution in [0.1, 0.15) is 22.5 Å². The van der Waals surface area contributed by atoms with Gasteiger partial charge in [-0.3, -0.25) is 0 Å². The van der Waals surface area contributed by atoms with Crippen LogP contribution in [-0.4, -0.2) is 15.1 Å². The average molecular weight is 282 g/mol. The lowest BCUT2D eigenvalue weighted by Crippen LogP contribution is -2.09. The Hall–Kier alpha value is -1.95. The number of rotatable bonds is 2. The highest BCUT2D eigenvalue weighted by Crippen LogP contribution is 2.36. The average Bonchev–Trinajstić information content (AvgIpc) is 2.37. The van der Waals surface area contributed by atoms with Crippen LogP contribution < -0.4 is 0 Å². The zero-order valence-electron chi connectivity index (χ0n) is 11.0. The molecule has 1 aromatic carbocycles. The molecule has 2 rings (SSSR count). The van der Waals surface area contributed by atoms with Crippen LogP contribution >= 0.6 is 0 Å². The van der Waals surface area contributed by atoms with Crippen molar-refractivity contribution in [3.05, 3.63) is 46.8 Å². The van der Waals surface area contributed by atoms with Crippen molar-refractivity contribution < 1.29 is 18.3 Å². The summed E-state index contributed by atoms with van der Waals surface area (Å²) in [6.45, 7) is 3.04. The Morgan fingerprint density at radius 1 is 1.05 bits per heavy atom. The van der Waals surface area contributed by atoms with Gasteiger partial charge in [-0.1, -0.05) is 18.2 Å². The van der Waals surface area contributed by atoms with Gasteiger partial charge in [0.1, 0.15) is 0 Å². The van der Waals surface area contributed by atoms with Gasteiger partial charge in [0.15, 0.2) is 5.82 Å². The lowest BCUT2D eigenvalue weighted by atomic mass is 10.1. The Morgan fingerprint density at radius 2 is 1.60 bits per heavy atom. The van der Waals surface area contributed by atoms with Crippen LogP contribution in [0.15, 0.2) is 24.3 Å². The van der Waals surface area contributed by atoms with E-state index in [0.717, 1.165) is 6.07 Å². The summed E-state index contributed by atoms with van der Waals surface area (Å²) in [4.78, 5) is 8.16. The molecule has 0 aliphatic heterocycles. The summed E-state index contributed by atoms with van der Waals surface area (Å²) in [6, 6.07) is 5.19. The van der Waals surface area contributed by atoms with Crippen molar-refractivity contribution in [1.82, 2.24) is 9.97 Å². The molecule has 0 atom stereocenters. The first kappa shape index (κ1) is 14.5. The molecule has 0 amide bonds. The maximum absolute atomic E-state index is 13.0. The summed E-state index contributed by atoms with van der Waals surface area (Å²) in [5, 5.41) is 9.18. The molecule has 2 aromatic rings. The minimum absolute atomic E-state index is 0.0186. The number of alkyl halides is 3. The van der Waals surface area contributed by atoms with Crippen molar-refractivity contribution in [2.24, 2.45) is 0 Å². The highest BCUT2D eigenvalue weighted by atomic mass is 19.4. The van der Waals surface area contributed by atoms with E-state index in [9.17, 15) is 18.3 Å². The van der Waals surface area contributed by atoms with Gasteiger partial charge in [-0.2, -0.15) is 13.2 Å². The van der Waals surface area contributed by atoms with Crippen LogP contribution in [0.25, 0.3) is 11.4 Å². The fourth-order valence-electron chi connectivity index (χ4n) is 2.01. The first-order valence-electron chi connectivity index (χ1n) is 5.96. The molecule has 0 radical (unpaired) electrons. The summed E-state index contributed by atoms with van der Waals surface area (Å²) >= 11 is 0. The van der Waals surface area contributed by atoms with Crippen molar-refractivity contribution in [3.8, 4) is 11.4 Å². The molecule has 0 saturated carbocycles. The zero-order chi connectivity index (χ0) is 14.9. The molecule has 3 nitrogen and oxygen atoms in total. The second-order valence-corrected chi connectivity index (χ2v) is 4.40. The minimum atomic E-state index is -4.46. The van der Waals surface area contributed by atoms with Gasteiger partial charge in [0.25, 0.3) is 0 Å². The molecule has 0 saturated heterocycles. The van der Waals surface area contributed by atoms with E-state index in [4.69, 9.17) is 0 Å². The summed E-state index contributed by atoms with van der Waals surface area (Å²) in [5.41, 5.74) is 0.670. The Balaban J connectivity index is 2.64. The molecule has 0 bridgehead atoms. The third-order valence-electron chi connectivity index (χ3n) is 3.05. The third kappa shape index (κ3) is 2.65. The molecule has 0 fully saturated rings. The largest absolute Gasteiger partial charge is 0.417 e. The quantitative estimate of drug-likeness (QED) is 0.919. The van der Waals surface area contributed by atoms with Crippen molar-refractivity contribution in [1.29, 1.82) is 0 Å². The van der Waals surface area contributed by atoms with Gasteiger partial charge in [0.2, 0.25) is 0 Å².